The van der Waals surface area contributed by atoms with Crippen LogP contribution in [0, 0.1) is 0 Å². The molecular weight excluding hydrogens is 288 g/mol. The van der Waals surface area contributed by atoms with Crippen molar-refractivity contribution in [3.8, 4) is 11.5 Å². The van der Waals surface area contributed by atoms with Gasteiger partial charge in [0.2, 0.25) is 5.76 Å². The Kier molecular flexibility index (Phi) is 3.82. The second-order valence-electron chi connectivity index (χ2n) is 5.74. The predicted molar refractivity (Wildman–Crippen MR) is 88.5 cm³/mol. The maximum absolute atomic E-state index is 5.36. The molecule has 3 aromatic rings. The Labute approximate surface area is 135 Å². The number of rotatable bonds is 4. The quantitative estimate of drug-likeness (QED) is 0.723. The van der Waals surface area contributed by atoms with Crippen molar-refractivity contribution in [3.05, 3.63) is 72.1 Å². The highest BCUT2D eigenvalue weighted by Gasteiger charge is 2.16. The van der Waals surface area contributed by atoms with Crippen molar-refractivity contribution in [1.82, 2.24) is 10.1 Å². The minimum atomic E-state index is 0.683. The molecule has 0 bridgehead atoms. The van der Waals surface area contributed by atoms with Gasteiger partial charge in [0.1, 0.15) is 0 Å². The largest absolute Gasteiger partial charge is 0.461 e. The van der Waals surface area contributed by atoms with E-state index in [9.17, 15) is 0 Å². The molecule has 0 saturated carbocycles. The average Bonchev–Trinajstić information content (AvgIpc) is 3.28. The van der Waals surface area contributed by atoms with E-state index < -0.39 is 0 Å². The normalized spacial score (nSPS) is 15.6. The minimum absolute atomic E-state index is 0.683. The van der Waals surface area contributed by atoms with Crippen LogP contribution in [-0.2, 0) is 6.54 Å². The third-order valence-corrected chi connectivity index (χ3v) is 4.15. The molecule has 0 unspecified atom stereocenters. The molecule has 23 heavy (non-hydrogen) atoms. The molecular formula is C19H18N2O2. The smallest absolute Gasteiger partial charge is 0.202 e. The molecule has 1 aliphatic heterocycles. The lowest BCUT2D eigenvalue weighted by Crippen LogP contribution is -2.28. The van der Waals surface area contributed by atoms with Crippen LogP contribution in [0.5, 0.6) is 0 Å². The van der Waals surface area contributed by atoms with E-state index in [4.69, 9.17) is 8.94 Å². The molecule has 0 radical (unpaired) electrons. The van der Waals surface area contributed by atoms with Gasteiger partial charge < -0.3 is 8.94 Å². The molecule has 0 N–H and O–H groups in total. The van der Waals surface area contributed by atoms with Crippen molar-refractivity contribution >= 4 is 5.57 Å². The van der Waals surface area contributed by atoms with Crippen LogP contribution in [-0.4, -0.2) is 23.1 Å². The van der Waals surface area contributed by atoms with Gasteiger partial charge in [0.25, 0.3) is 0 Å². The summed E-state index contributed by atoms with van der Waals surface area (Å²) in [6.07, 6.45) is 5.01. The van der Waals surface area contributed by atoms with Gasteiger partial charge in [0.05, 0.1) is 12.0 Å². The van der Waals surface area contributed by atoms with Crippen molar-refractivity contribution < 1.29 is 8.94 Å². The van der Waals surface area contributed by atoms with Crippen molar-refractivity contribution in [3.63, 3.8) is 0 Å². The molecule has 116 valence electrons. The van der Waals surface area contributed by atoms with E-state index in [-0.39, 0.29) is 0 Å². The average molecular weight is 306 g/mol. The molecule has 0 aliphatic carbocycles. The maximum atomic E-state index is 5.36. The lowest BCUT2D eigenvalue weighted by molar-refractivity contribution is 0.282. The maximum Gasteiger partial charge on any atom is 0.202 e. The molecule has 4 rings (SSSR count). The summed E-state index contributed by atoms with van der Waals surface area (Å²) in [5.74, 6) is 1.40. The third kappa shape index (κ3) is 3.12. The number of aromatic nitrogens is 1. The Morgan fingerprint density at radius 1 is 1.04 bits per heavy atom. The van der Waals surface area contributed by atoms with Gasteiger partial charge in [-0.1, -0.05) is 41.6 Å². The first-order valence-electron chi connectivity index (χ1n) is 7.85. The van der Waals surface area contributed by atoms with Crippen LogP contribution in [0.25, 0.3) is 17.1 Å². The SMILES string of the molecule is C1=C(c2ccccc2)CCN(Cc2cc(-c3ccco3)on2)C1. The Bertz CT molecular complexity index is 788. The van der Waals surface area contributed by atoms with Crippen LogP contribution in [0.4, 0.5) is 0 Å². The van der Waals surface area contributed by atoms with Crippen LogP contribution in [0.3, 0.4) is 0 Å². The Hall–Kier alpha value is -2.59. The van der Waals surface area contributed by atoms with E-state index in [2.05, 4.69) is 46.5 Å². The molecule has 0 fully saturated rings. The topological polar surface area (TPSA) is 42.4 Å². The zero-order chi connectivity index (χ0) is 15.5. The van der Waals surface area contributed by atoms with Gasteiger partial charge in [-0.15, -0.1) is 0 Å². The Morgan fingerprint density at radius 2 is 1.96 bits per heavy atom. The summed E-state index contributed by atoms with van der Waals surface area (Å²) in [5.41, 5.74) is 3.69. The summed E-state index contributed by atoms with van der Waals surface area (Å²) < 4.78 is 10.7. The first-order chi connectivity index (χ1) is 11.4. The summed E-state index contributed by atoms with van der Waals surface area (Å²) in [7, 11) is 0. The molecule has 4 heteroatoms. The number of benzene rings is 1. The van der Waals surface area contributed by atoms with Crippen LogP contribution < -0.4 is 0 Å². The first-order valence-corrected chi connectivity index (χ1v) is 7.85. The highest BCUT2D eigenvalue weighted by Crippen LogP contribution is 2.24. The predicted octanol–water partition coefficient (Wildman–Crippen LogP) is 4.22. The molecule has 0 atom stereocenters. The van der Waals surface area contributed by atoms with Crippen molar-refractivity contribution in [2.45, 2.75) is 13.0 Å². The van der Waals surface area contributed by atoms with Gasteiger partial charge in [-0.2, -0.15) is 0 Å². The fraction of sp³-hybridized carbons (Fsp3) is 0.211. The van der Waals surface area contributed by atoms with E-state index in [0.29, 0.717) is 11.5 Å². The summed E-state index contributed by atoms with van der Waals surface area (Å²) in [6, 6.07) is 16.3. The highest BCUT2D eigenvalue weighted by molar-refractivity contribution is 5.66. The standard InChI is InChI=1S/C19H18N2O2/c1-2-5-15(6-3-1)16-8-10-21(11-9-16)14-17-13-19(23-20-17)18-7-4-12-22-18/h1-8,12-13H,9-11,14H2. The van der Waals surface area contributed by atoms with Gasteiger partial charge in [-0.25, -0.2) is 0 Å². The lowest BCUT2D eigenvalue weighted by atomic mass is 9.99. The minimum Gasteiger partial charge on any atom is -0.461 e. The molecule has 1 aliphatic rings. The zero-order valence-electron chi connectivity index (χ0n) is 12.8. The fourth-order valence-electron chi connectivity index (χ4n) is 2.92. The molecule has 0 saturated heterocycles. The second kappa shape index (κ2) is 6.26. The summed E-state index contributed by atoms with van der Waals surface area (Å²) in [4.78, 5) is 2.37. The fourth-order valence-corrected chi connectivity index (χ4v) is 2.92. The molecule has 3 heterocycles. The van der Waals surface area contributed by atoms with Gasteiger partial charge in [-0.3, -0.25) is 4.90 Å². The van der Waals surface area contributed by atoms with E-state index in [1.54, 1.807) is 6.26 Å². The van der Waals surface area contributed by atoms with Crippen LogP contribution in [0.15, 0.2) is 69.8 Å². The monoisotopic (exact) mass is 306 g/mol. The highest BCUT2D eigenvalue weighted by atomic mass is 16.5. The van der Waals surface area contributed by atoms with Gasteiger partial charge in [0, 0.05) is 25.7 Å². The Balaban J connectivity index is 1.41. The van der Waals surface area contributed by atoms with E-state index in [0.717, 1.165) is 31.7 Å². The van der Waals surface area contributed by atoms with E-state index >= 15 is 0 Å². The van der Waals surface area contributed by atoms with Crippen molar-refractivity contribution in [1.29, 1.82) is 0 Å². The van der Waals surface area contributed by atoms with Gasteiger partial charge in [0.15, 0.2) is 5.76 Å². The number of hydrogen-bond donors (Lipinski definition) is 0. The number of nitrogens with zero attached hydrogens (tertiary/aromatic N) is 2. The Morgan fingerprint density at radius 3 is 2.70 bits per heavy atom. The zero-order valence-corrected chi connectivity index (χ0v) is 12.8. The lowest BCUT2D eigenvalue weighted by Gasteiger charge is -2.25. The summed E-state index contributed by atoms with van der Waals surface area (Å²) in [5, 5.41) is 4.15. The number of furan rings is 1. The van der Waals surface area contributed by atoms with Gasteiger partial charge in [-0.05, 0) is 29.7 Å². The molecule has 1 aromatic carbocycles. The van der Waals surface area contributed by atoms with Crippen molar-refractivity contribution in [2.24, 2.45) is 0 Å². The molecule has 0 spiro atoms. The summed E-state index contributed by atoms with van der Waals surface area (Å²) >= 11 is 0. The van der Waals surface area contributed by atoms with E-state index in [1.165, 1.54) is 11.1 Å². The molecule has 2 aromatic heterocycles. The third-order valence-electron chi connectivity index (χ3n) is 4.15. The van der Waals surface area contributed by atoms with Crippen molar-refractivity contribution in [2.75, 3.05) is 13.1 Å². The molecule has 0 amide bonds. The molecule has 4 nitrogen and oxygen atoms in total. The van der Waals surface area contributed by atoms with E-state index in [1.807, 2.05) is 18.2 Å². The van der Waals surface area contributed by atoms with Crippen LogP contribution in [0.2, 0.25) is 0 Å². The van der Waals surface area contributed by atoms with Crippen LogP contribution >= 0.6 is 0 Å². The second-order valence-corrected chi connectivity index (χ2v) is 5.74. The van der Waals surface area contributed by atoms with Crippen LogP contribution in [0.1, 0.15) is 17.7 Å². The summed E-state index contributed by atoms with van der Waals surface area (Å²) in [6.45, 7) is 2.76. The van der Waals surface area contributed by atoms with Gasteiger partial charge >= 0.3 is 0 Å². The first kappa shape index (κ1) is 14.0. The number of hydrogen-bond acceptors (Lipinski definition) is 4.